The highest BCUT2D eigenvalue weighted by molar-refractivity contribution is 9.10. The van der Waals surface area contributed by atoms with E-state index in [0.29, 0.717) is 22.5 Å². The van der Waals surface area contributed by atoms with Crippen LogP contribution in [-0.4, -0.2) is 40.7 Å². The topological polar surface area (TPSA) is 111 Å². The molecular weight excluding hydrogens is 572 g/mol. The molecule has 1 aromatic heterocycles. The first-order valence-corrected chi connectivity index (χ1v) is 14.9. The largest absolute Gasteiger partial charge is 0.358 e. The molecule has 0 saturated carbocycles. The highest BCUT2D eigenvalue weighted by Gasteiger charge is 2.17. The van der Waals surface area contributed by atoms with Crippen molar-refractivity contribution in [1.82, 2.24) is 9.55 Å². The molecule has 5 rings (SSSR count). The number of aliphatic imine (C=N–C) groups is 1. The molecule has 1 aliphatic rings. The molecular formula is C30H31BrN6OS. The number of hydrogen-bond acceptors (Lipinski definition) is 6. The number of anilines is 1. The summed E-state index contributed by atoms with van der Waals surface area (Å²) in [7, 11) is -0.287. The fourth-order valence-electron chi connectivity index (χ4n) is 4.05. The van der Waals surface area contributed by atoms with Gasteiger partial charge in [0.2, 0.25) is 5.95 Å². The summed E-state index contributed by atoms with van der Waals surface area (Å²) in [6.07, 6.45) is 3.10. The summed E-state index contributed by atoms with van der Waals surface area (Å²) in [5, 5.41) is 9.79. The second-order valence-corrected chi connectivity index (χ2v) is 12.2. The van der Waals surface area contributed by atoms with E-state index in [0.717, 1.165) is 26.1 Å². The fraction of sp³-hybridized carbons (Fsp3) is 0.100. The molecule has 0 aliphatic carbocycles. The average molecular weight is 604 g/mol. The molecule has 39 heavy (non-hydrogen) atoms. The monoisotopic (exact) mass is 602 g/mol. The molecule has 0 amide bonds. The lowest BCUT2D eigenvalue weighted by molar-refractivity contribution is 0.824. The van der Waals surface area contributed by atoms with Gasteiger partial charge in [0, 0.05) is 28.2 Å². The van der Waals surface area contributed by atoms with E-state index in [-0.39, 0.29) is 5.56 Å². The SMILES string of the molecule is C=S(=C)(N)C1=C(C)C(N)N=CC(c2ccc3nc(NC)n(-c4ccc(Br)cc4)c(=O)c3c2)=C1.c1ccccc1. The molecule has 5 N–H and O–H groups in total. The third kappa shape index (κ3) is 6.46. The van der Waals surface area contributed by atoms with Crippen molar-refractivity contribution in [3.05, 3.63) is 116 Å². The van der Waals surface area contributed by atoms with Crippen LogP contribution >= 0.6 is 25.3 Å². The zero-order valence-corrected chi connectivity index (χ0v) is 24.2. The van der Waals surface area contributed by atoms with Crippen LogP contribution in [0, 0.1) is 0 Å². The van der Waals surface area contributed by atoms with Gasteiger partial charge in [-0.1, -0.05) is 70.1 Å². The lowest BCUT2D eigenvalue weighted by Gasteiger charge is -2.16. The van der Waals surface area contributed by atoms with Crippen molar-refractivity contribution < 1.29 is 0 Å². The van der Waals surface area contributed by atoms with Gasteiger partial charge < -0.3 is 11.1 Å². The molecule has 0 radical (unpaired) electrons. The Bertz CT molecular complexity index is 1730. The van der Waals surface area contributed by atoms with Crippen LogP contribution in [0.15, 0.2) is 110 Å². The average Bonchev–Trinajstić information content (AvgIpc) is 3.09. The van der Waals surface area contributed by atoms with Crippen molar-refractivity contribution in [2.75, 3.05) is 12.4 Å². The number of fused-ring (bicyclic) bond motifs is 1. The van der Waals surface area contributed by atoms with E-state index in [1.54, 1.807) is 17.8 Å². The molecule has 0 spiro atoms. The molecule has 0 saturated heterocycles. The number of benzene rings is 3. The summed E-state index contributed by atoms with van der Waals surface area (Å²) >= 11 is 3.43. The zero-order chi connectivity index (χ0) is 28.2. The predicted octanol–water partition coefficient (Wildman–Crippen LogP) is 5.45. The van der Waals surface area contributed by atoms with Crippen molar-refractivity contribution in [2.24, 2.45) is 15.9 Å². The summed E-state index contributed by atoms with van der Waals surface area (Å²) in [5.41, 5.74) is 9.71. The Balaban J connectivity index is 0.000000519. The first-order valence-electron chi connectivity index (χ1n) is 12.1. The Kier molecular flexibility index (Phi) is 8.66. The van der Waals surface area contributed by atoms with Crippen LogP contribution in [0.2, 0.25) is 0 Å². The molecule has 200 valence electrons. The first-order chi connectivity index (χ1) is 18.6. The normalized spacial score (nSPS) is 15.3. The van der Waals surface area contributed by atoms with Crippen molar-refractivity contribution >= 4 is 65.7 Å². The van der Waals surface area contributed by atoms with Crippen molar-refractivity contribution in [2.45, 2.75) is 13.1 Å². The summed E-state index contributed by atoms with van der Waals surface area (Å²) < 4.78 is 2.48. The minimum absolute atomic E-state index is 0.184. The van der Waals surface area contributed by atoms with Gasteiger partial charge in [-0.25, -0.2) is 9.55 Å². The summed E-state index contributed by atoms with van der Waals surface area (Å²) in [6.45, 7) is 1.89. The Morgan fingerprint density at radius 2 is 1.64 bits per heavy atom. The number of nitrogens with two attached hydrogens (primary N) is 2. The van der Waals surface area contributed by atoms with Crippen molar-refractivity contribution in [3.8, 4) is 5.69 Å². The molecule has 2 heterocycles. The summed E-state index contributed by atoms with van der Waals surface area (Å²) in [4.78, 5) is 23.5. The smallest absolute Gasteiger partial charge is 0.267 e. The van der Waals surface area contributed by atoms with Crippen molar-refractivity contribution in [1.29, 1.82) is 0 Å². The lowest BCUT2D eigenvalue weighted by Crippen LogP contribution is -2.23. The highest BCUT2D eigenvalue weighted by Crippen LogP contribution is 2.33. The molecule has 7 nitrogen and oxygen atoms in total. The minimum atomic E-state index is -2.03. The number of nitrogens with one attached hydrogen (secondary N) is 1. The second-order valence-electron chi connectivity index (χ2n) is 9.00. The first kappa shape index (κ1) is 28.3. The summed E-state index contributed by atoms with van der Waals surface area (Å²) in [6, 6.07) is 25.0. The molecule has 0 bridgehead atoms. The van der Waals surface area contributed by atoms with Gasteiger partial charge in [-0.3, -0.25) is 14.9 Å². The van der Waals surface area contributed by atoms with Gasteiger partial charge >= 0.3 is 0 Å². The van der Waals surface area contributed by atoms with Gasteiger partial charge in [0.05, 0.1) is 16.6 Å². The van der Waals surface area contributed by atoms with Gasteiger partial charge in [-0.15, -0.1) is 9.39 Å². The molecule has 0 fully saturated rings. The third-order valence-electron chi connectivity index (χ3n) is 6.11. The van der Waals surface area contributed by atoms with E-state index < -0.39 is 15.6 Å². The van der Waals surface area contributed by atoms with Crippen LogP contribution in [0.25, 0.3) is 22.2 Å². The summed E-state index contributed by atoms with van der Waals surface area (Å²) in [5.74, 6) is 8.55. The Morgan fingerprint density at radius 1 is 1.03 bits per heavy atom. The number of halogens is 1. The van der Waals surface area contributed by atoms with Gasteiger partial charge in [-0.05, 0) is 60.5 Å². The van der Waals surface area contributed by atoms with Crippen LogP contribution in [0.5, 0.6) is 0 Å². The maximum Gasteiger partial charge on any atom is 0.267 e. The third-order valence-corrected chi connectivity index (χ3v) is 7.95. The fourth-order valence-corrected chi connectivity index (χ4v) is 5.44. The number of hydrogen-bond donors (Lipinski definition) is 3. The maximum absolute atomic E-state index is 13.6. The highest BCUT2D eigenvalue weighted by atomic mass is 79.9. The maximum atomic E-state index is 13.6. The molecule has 1 atom stereocenters. The molecule has 1 unspecified atom stereocenters. The Morgan fingerprint density at radius 3 is 2.21 bits per heavy atom. The van der Waals surface area contributed by atoms with E-state index in [1.165, 1.54) is 0 Å². The van der Waals surface area contributed by atoms with Gasteiger partial charge in [-0.2, -0.15) is 0 Å². The minimum Gasteiger partial charge on any atom is -0.358 e. The van der Waals surface area contributed by atoms with Crippen LogP contribution in [0.3, 0.4) is 0 Å². The Labute approximate surface area is 237 Å². The number of rotatable bonds is 4. The number of aromatic nitrogens is 2. The van der Waals surface area contributed by atoms with E-state index in [9.17, 15) is 4.79 Å². The molecule has 4 aromatic rings. The van der Waals surface area contributed by atoms with Gasteiger partial charge in [0.1, 0.15) is 6.17 Å². The van der Waals surface area contributed by atoms with E-state index in [2.05, 4.69) is 43.0 Å². The molecule has 9 heteroatoms. The van der Waals surface area contributed by atoms with Crippen LogP contribution in [-0.2, 0) is 0 Å². The van der Waals surface area contributed by atoms with Gasteiger partial charge in [0.15, 0.2) is 0 Å². The lowest BCUT2D eigenvalue weighted by atomic mass is 10.0. The van der Waals surface area contributed by atoms with E-state index in [1.807, 2.05) is 91.9 Å². The van der Waals surface area contributed by atoms with Crippen LogP contribution in [0.1, 0.15) is 12.5 Å². The Hall–Kier alpha value is -3.76. The number of nitrogens with zero attached hydrogens (tertiary/aromatic N) is 3. The quantitative estimate of drug-likeness (QED) is 0.269. The molecule has 1 aliphatic heterocycles. The van der Waals surface area contributed by atoms with Crippen LogP contribution < -0.4 is 21.7 Å². The number of allylic oxidation sites excluding steroid dienone is 2. The van der Waals surface area contributed by atoms with E-state index in [4.69, 9.17) is 10.9 Å². The van der Waals surface area contributed by atoms with Crippen LogP contribution in [0.4, 0.5) is 5.95 Å². The van der Waals surface area contributed by atoms with Crippen molar-refractivity contribution in [3.63, 3.8) is 0 Å². The van der Waals surface area contributed by atoms with E-state index >= 15 is 0 Å². The predicted molar refractivity (Wildman–Crippen MR) is 174 cm³/mol. The molecule has 3 aromatic carbocycles. The standard InChI is InChI=1S/C24H25BrN6OS.C6H6/c1-14-21(33(3,4)27)12-16(13-29-22(14)26)15-5-10-20-19(11-15)23(32)31(24(28-2)30-20)18-8-6-17(25)7-9-18;1-2-4-6-5-3-1/h5-13,22H,3-4,26-27H2,1-2H3,(H,28,30);1-6H. The second kappa shape index (κ2) is 12.0. The van der Waals surface area contributed by atoms with Gasteiger partial charge in [0.25, 0.3) is 5.56 Å². The zero-order valence-electron chi connectivity index (χ0n) is 21.8.